The first-order chi connectivity index (χ1) is 12.1. The van der Waals surface area contributed by atoms with Gasteiger partial charge >= 0.3 is 0 Å². The molecule has 8 nitrogen and oxygen atoms in total. The van der Waals surface area contributed by atoms with E-state index in [9.17, 15) is 14.0 Å². The number of carbonyl (C=O) groups excluding carboxylic acids is 2. The summed E-state index contributed by atoms with van der Waals surface area (Å²) in [6.45, 7) is 1.94. The van der Waals surface area contributed by atoms with Crippen LogP contribution < -0.4 is 27.0 Å². The van der Waals surface area contributed by atoms with Crippen molar-refractivity contribution in [2.75, 3.05) is 25.0 Å². The van der Waals surface area contributed by atoms with Crippen molar-refractivity contribution in [2.24, 2.45) is 0 Å². The Kier molecular flexibility index (Phi) is 5.79. The average molecular weight is 350 g/mol. The maximum Gasteiger partial charge on any atom is 0.242 e. The molecule has 2 heterocycles. The van der Waals surface area contributed by atoms with Gasteiger partial charge in [-0.05, 0) is 25.0 Å². The van der Waals surface area contributed by atoms with Crippen molar-refractivity contribution in [3.63, 3.8) is 0 Å². The van der Waals surface area contributed by atoms with Crippen molar-refractivity contribution in [3.8, 4) is 0 Å². The minimum Gasteiger partial charge on any atom is -0.365 e. The topological polar surface area (TPSA) is 97.5 Å². The molecule has 25 heavy (non-hydrogen) atoms. The summed E-state index contributed by atoms with van der Waals surface area (Å²) >= 11 is 0. The second-order valence-corrected chi connectivity index (χ2v) is 6.12. The van der Waals surface area contributed by atoms with Gasteiger partial charge < -0.3 is 15.5 Å². The molecule has 2 saturated heterocycles. The summed E-state index contributed by atoms with van der Waals surface area (Å²) in [5.41, 5.74) is 8.67. The van der Waals surface area contributed by atoms with Crippen molar-refractivity contribution in [1.29, 1.82) is 0 Å². The van der Waals surface area contributed by atoms with Gasteiger partial charge in [-0.15, -0.1) is 0 Å². The molecule has 2 aliphatic rings. The summed E-state index contributed by atoms with van der Waals surface area (Å²) in [4.78, 5) is 25.7. The third-order valence-electron chi connectivity index (χ3n) is 4.33. The number of amides is 2. The number of hydrogen-bond acceptors (Lipinski definition) is 6. The van der Waals surface area contributed by atoms with E-state index in [1.807, 2.05) is 4.90 Å². The fourth-order valence-electron chi connectivity index (χ4n) is 2.98. The zero-order chi connectivity index (χ0) is 17.6. The van der Waals surface area contributed by atoms with Crippen LogP contribution in [0.2, 0.25) is 0 Å². The Labute approximate surface area is 145 Å². The number of hydrazine groups is 2. The number of para-hydroxylation sites is 1. The Balaban J connectivity index is 1.44. The van der Waals surface area contributed by atoms with Crippen LogP contribution in [0.1, 0.15) is 19.3 Å². The fraction of sp³-hybridized carbons (Fsp3) is 0.500. The predicted octanol–water partition coefficient (Wildman–Crippen LogP) is -0.327. The third-order valence-corrected chi connectivity index (χ3v) is 4.33. The number of anilines is 1. The molecule has 2 unspecified atom stereocenters. The van der Waals surface area contributed by atoms with Crippen molar-refractivity contribution in [3.05, 3.63) is 30.1 Å². The third kappa shape index (κ3) is 4.44. The molecule has 2 fully saturated rings. The largest absolute Gasteiger partial charge is 0.365 e. The molecule has 0 aliphatic carbocycles. The van der Waals surface area contributed by atoms with Gasteiger partial charge in [-0.3, -0.25) is 9.59 Å². The molecule has 0 spiro atoms. The van der Waals surface area contributed by atoms with E-state index in [2.05, 4.69) is 27.0 Å². The minimum absolute atomic E-state index is 0.186. The van der Waals surface area contributed by atoms with E-state index in [0.29, 0.717) is 31.6 Å². The Hall–Kier alpha value is -2.23. The van der Waals surface area contributed by atoms with Crippen molar-refractivity contribution >= 4 is 17.5 Å². The molecule has 9 heteroatoms. The molecule has 0 bridgehead atoms. The van der Waals surface area contributed by atoms with Crippen molar-refractivity contribution in [2.45, 2.75) is 31.5 Å². The van der Waals surface area contributed by atoms with Crippen LogP contribution in [-0.4, -0.2) is 48.6 Å². The molecule has 0 radical (unpaired) electrons. The van der Waals surface area contributed by atoms with Crippen molar-refractivity contribution < 1.29 is 14.0 Å². The normalized spacial score (nSPS) is 23.1. The van der Waals surface area contributed by atoms with Crippen LogP contribution in [0, 0.1) is 5.82 Å². The number of halogens is 1. The first-order valence-corrected chi connectivity index (χ1v) is 8.48. The highest BCUT2D eigenvalue weighted by molar-refractivity contribution is 5.83. The number of nitrogens with zero attached hydrogens (tertiary/aromatic N) is 1. The van der Waals surface area contributed by atoms with Gasteiger partial charge in [0.25, 0.3) is 0 Å². The highest BCUT2D eigenvalue weighted by atomic mass is 19.1. The monoisotopic (exact) mass is 350 g/mol. The van der Waals surface area contributed by atoms with Gasteiger partial charge in [0.15, 0.2) is 0 Å². The summed E-state index contributed by atoms with van der Waals surface area (Å²) in [7, 11) is 0. The molecule has 2 atom stereocenters. The van der Waals surface area contributed by atoms with Gasteiger partial charge in [-0.25, -0.2) is 15.2 Å². The van der Waals surface area contributed by atoms with Crippen LogP contribution in [0.4, 0.5) is 10.1 Å². The predicted molar refractivity (Wildman–Crippen MR) is 90.4 cm³/mol. The van der Waals surface area contributed by atoms with E-state index in [0.717, 1.165) is 13.0 Å². The van der Waals surface area contributed by atoms with Crippen LogP contribution in [-0.2, 0) is 9.59 Å². The fourth-order valence-corrected chi connectivity index (χ4v) is 2.98. The van der Waals surface area contributed by atoms with E-state index >= 15 is 0 Å². The lowest BCUT2D eigenvalue weighted by molar-refractivity contribution is -0.127. The number of nitrogens with one attached hydrogen (secondary N) is 5. The van der Waals surface area contributed by atoms with E-state index in [4.69, 9.17) is 0 Å². The maximum atomic E-state index is 13.7. The van der Waals surface area contributed by atoms with Crippen molar-refractivity contribution in [1.82, 2.24) is 26.6 Å². The first kappa shape index (κ1) is 17.6. The van der Waals surface area contributed by atoms with E-state index < -0.39 is 12.2 Å². The summed E-state index contributed by atoms with van der Waals surface area (Å²) in [5.74, 6) is -0.406. The maximum absolute atomic E-state index is 13.7. The van der Waals surface area contributed by atoms with E-state index in [-0.39, 0.29) is 17.6 Å². The molecule has 0 saturated carbocycles. The second kappa shape index (κ2) is 8.24. The van der Waals surface area contributed by atoms with Gasteiger partial charge in [0.1, 0.15) is 18.0 Å². The highest BCUT2D eigenvalue weighted by Crippen LogP contribution is 2.14. The quantitative estimate of drug-likeness (QED) is 0.432. The SMILES string of the molecule is O=C(NCCCN1CCCC1=O)C1NNNC1Nc1ccccc1F. The molecule has 5 N–H and O–H groups in total. The molecule has 2 amide bonds. The van der Waals surface area contributed by atoms with Gasteiger partial charge in [-0.2, -0.15) is 5.53 Å². The van der Waals surface area contributed by atoms with Crippen LogP contribution in [0.15, 0.2) is 24.3 Å². The number of rotatable bonds is 7. The molecule has 1 aromatic carbocycles. The Bertz CT molecular complexity index is 628. The lowest BCUT2D eigenvalue weighted by Crippen LogP contribution is -2.50. The lowest BCUT2D eigenvalue weighted by Gasteiger charge is -2.20. The molecule has 136 valence electrons. The second-order valence-electron chi connectivity index (χ2n) is 6.12. The standard InChI is InChI=1S/C16H23FN6O2/c17-11-5-1-2-6-12(11)19-15-14(20-22-21-15)16(25)18-8-4-10-23-9-3-7-13(23)24/h1-2,5-6,14-15,19-22H,3-4,7-10H2,(H,18,25). The average Bonchev–Trinajstić information content (AvgIpc) is 3.23. The summed E-state index contributed by atoms with van der Waals surface area (Å²) in [5, 5.41) is 5.80. The molecular formula is C16H23FN6O2. The summed E-state index contributed by atoms with van der Waals surface area (Å²) in [6.07, 6.45) is 1.74. The van der Waals surface area contributed by atoms with Gasteiger partial charge in [-0.1, -0.05) is 12.1 Å². The Morgan fingerprint density at radius 3 is 2.92 bits per heavy atom. The van der Waals surface area contributed by atoms with Gasteiger partial charge in [0.2, 0.25) is 11.8 Å². The lowest BCUT2D eigenvalue weighted by atomic mass is 10.2. The highest BCUT2D eigenvalue weighted by Gasteiger charge is 2.33. The van der Waals surface area contributed by atoms with E-state index in [1.165, 1.54) is 6.07 Å². The zero-order valence-corrected chi connectivity index (χ0v) is 13.8. The number of hydrogen-bond donors (Lipinski definition) is 5. The number of carbonyl (C=O) groups is 2. The molecular weight excluding hydrogens is 327 g/mol. The molecule has 2 aliphatic heterocycles. The summed E-state index contributed by atoms with van der Waals surface area (Å²) in [6, 6.07) is 5.68. The minimum atomic E-state index is -0.604. The zero-order valence-electron chi connectivity index (χ0n) is 13.8. The van der Waals surface area contributed by atoms with Crippen LogP contribution in [0.25, 0.3) is 0 Å². The Morgan fingerprint density at radius 1 is 1.32 bits per heavy atom. The van der Waals surface area contributed by atoms with Crippen LogP contribution in [0.3, 0.4) is 0 Å². The first-order valence-electron chi connectivity index (χ1n) is 8.48. The smallest absolute Gasteiger partial charge is 0.242 e. The van der Waals surface area contributed by atoms with Crippen LogP contribution in [0.5, 0.6) is 0 Å². The van der Waals surface area contributed by atoms with Gasteiger partial charge in [0.05, 0.1) is 5.69 Å². The molecule has 1 aromatic rings. The molecule has 0 aromatic heterocycles. The van der Waals surface area contributed by atoms with E-state index in [1.54, 1.807) is 18.2 Å². The number of likely N-dealkylation sites (tertiary alicyclic amines) is 1. The number of benzene rings is 1. The summed E-state index contributed by atoms with van der Waals surface area (Å²) < 4.78 is 13.7. The Morgan fingerprint density at radius 2 is 2.16 bits per heavy atom. The van der Waals surface area contributed by atoms with Crippen LogP contribution >= 0.6 is 0 Å². The van der Waals surface area contributed by atoms with Gasteiger partial charge in [0, 0.05) is 26.1 Å². The molecule has 3 rings (SSSR count).